The van der Waals surface area contributed by atoms with Crippen LogP contribution in [0.2, 0.25) is 0 Å². The quantitative estimate of drug-likeness (QED) is 0.379. The first-order chi connectivity index (χ1) is 11.4. The first-order valence-electron chi connectivity index (χ1n) is 8.37. The highest BCUT2D eigenvalue weighted by atomic mass is 35.5. The molecule has 1 heterocycles. The van der Waals surface area contributed by atoms with Crippen molar-refractivity contribution < 1.29 is 0 Å². The molecule has 4 rings (SSSR count). The van der Waals surface area contributed by atoms with Gasteiger partial charge in [-0.15, -0.1) is 18.2 Å². The molecule has 0 bridgehead atoms. The van der Waals surface area contributed by atoms with E-state index in [1.54, 1.807) is 0 Å². The average molecular weight is 337 g/mol. The van der Waals surface area contributed by atoms with Gasteiger partial charge in [-0.2, -0.15) is 0 Å². The molecule has 0 aliphatic heterocycles. The molecule has 0 amide bonds. The maximum atomic E-state index is 7.88. The van der Waals surface area contributed by atoms with E-state index in [1.807, 2.05) is 19.1 Å². The minimum Gasteiger partial charge on any atom is -0.357 e. The topological polar surface area (TPSA) is 20.1 Å². The summed E-state index contributed by atoms with van der Waals surface area (Å²) < 4.78 is 0. The first-order valence-corrected chi connectivity index (χ1v) is 8.81. The number of hydrogen-bond donors (Lipinski definition) is 1. The van der Waals surface area contributed by atoms with Crippen LogP contribution < -0.4 is 0 Å². The Morgan fingerprint density at radius 3 is 2.71 bits per heavy atom. The molecule has 1 N–H and O–H groups in total. The van der Waals surface area contributed by atoms with E-state index in [9.17, 15) is 0 Å². The van der Waals surface area contributed by atoms with Gasteiger partial charge in [0.15, 0.2) is 5.70 Å². The highest BCUT2D eigenvalue weighted by molar-refractivity contribution is 6.22. The summed E-state index contributed by atoms with van der Waals surface area (Å²) in [6, 6.07) is 8.37. The molecule has 0 radical (unpaired) electrons. The van der Waals surface area contributed by atoms with Crippen LogP contribution in [-0.2, 0) is 5.41 Å². The summed E-state index contributed by atoms with van der Waals surface area (Å²) in [5.41, 5.74) is 5.01. The van der Waals surface area contributed by atoms with Crippen molar-refractivity contribution in [3.05, 3.63) is 65.3 Å². The number of aromatic amines is 1. The summed E-state index contributed by atoms with van der Waals surface area (Å²) in [6.07, 6.45) is 2.73. The Morgan fingerprint density at radius 2 is 2.04 bits per heavy atom. The lowest BCUT2D eigenvalue weighted by atomic mass is 9.65. The third kappa shape index (κ3) is 1.66. The zero-order chi connectivity index (χ0) is 17.3. The Hall–Kier alpha value is -1.98. The Labute approximate surface area is 148 Å². The predicted octanol–water partition coefficient (Wildman–Crippen LogP) is 5.91. The van der Waals surface area contributed by atoms with Crippen molar-refractivity contribution in [1.82, 2.24) is 4.98 Å². The van der Waals surface area contributed by atoms with Crippen LogP contribution in [0.4, 0.5) is 0 Å². The number of halogens is 1. The zero-order valence-corrected chi connectivity index (χ0v) is 15.0. The minimum atomic E-state index is -0.481. The largest absolute Gasteiger partial charge is 0.357 e. The van der Waals surface area contributed by atoms with Gasteiger partial charge >= 0.3 is 0 Å². The molecule has 122 valence electrons. The molecule has 2 nitrogen and oxygen atoms in total. The molecule has 1 aromatic heterocycles. The molecule has 0 saturated carbocycles. The van der Waals surface area contributed by atoms with Gasteiger partial charge < -0.3 is 4.98 Å². The standard InChI is InChI=1S/C21H21ClN2/c1-6-21(4)15(22)11-13-17(19(21)23-5)16-12-9-7-8-10-14(12)24-18(16)20(13,2)3/h6-10,13,15,24H,1,11H2,2-4H3/t13-,15+,21+/m1/s1. The summed E-state index contributed by atoms with van der Waals surface area (Å²) in [4.78, 5) is 7.60. The van der Waals surface area contributed by atoms with Gasteiger partial charge in [0, 0.05) is 32.8 Å². The van der Waals surface area contributed by atoms with Gasteiger partial charge in [0.25, 0.3) is 0 Å². The second-order valence-electron chi connectivity index (χ2n) is 7.76. The van der Waals surface area contributed by atoms with Crippen LogP contribution in [-0.4, -0.2) is 10.4 Å². The molecule has 2 aromatic rings. The molecule has 3 atom stereocenters. The van der Waals surface area contributed by atoms with Gasteiger partial charge in [0.2, 0.25) is 0 Å². The molecule has 2 aliphatic carbocycles. The molecule has 0 fully saturated rings. The van der Waals surface area contributed by atoms with E-state index in [4.69, 9.17) is 18.2 Å². The van der Waals surface area contributed by atoms with Crippen molar-refractivity contribution in [2.45, 2.75) is 38.0 Å². The molecule has 24 heavy (non-hydrogen) atoms. The van der Waals surface area contributed by atoms with Gasteiger partial charge in [0.1, 0.15) is 0 Å². The lowest BCUT2D eigenvalue weighted by Crippen LogP contribution is -2.38. The number of allylic oxidation sites excluding steroid dienone is 2. The summed E-state index contributed by atoms with van der Waals surface area (Å²) in [5, 5.41) is 1.10. The number of hydrogen-bond acceptors (Lipinski definition) is 0. The second kappa shape index (κ2) is 4.77. The molecule has 3 heteroatoms. The Morgan fingerprint density at radius 1 is 1.33 bits per heavy atom. The van der Waals surface area contributed by atoms with Gasteiger partial charge in [0.05, 0.1) is 6.57 Å². The highest BCUT2D eigenvalue weighted by Gasteiger charge is 2.54. The average Bonchev–Trinajstić information content (AvgIpc) is 3.04. The molecule has 0 unspecified atom stereocenters. The van der Waals surface area contributed by atoms with Crippen molar-refractivity contribution in [2.24, 2.45) is 11.3 Å². The zero-order valence-electron chi connectivity index (χ0n) is 14.3. The van der Waals surface area contributed by atoms with E-state index >= 15 is 0 Å². The van der Waals surface area contributed by atoms with Crippen LogP contribution in [0.5, 0.6) is 0 Å². The monoisotopic (exact) mass is 336 g/mol. The van der Waals surface area contributed by atoms with Crippen LogP contribution in [0.1, 0.15) is 38.4 Å². The first kappa shape index (κ1) is 15.5. The Kier molecular flexibility index (Phi) is 3.09. The Balaban J connectivity index is 2.15. The molecule has 2 aliphatic rings. The van der Waals surface area contributed by atoms with Gasteiger partial charge in [-0.25, -0.2) is 4.85 Å². The minimum absolute atomic E-state index is 0.0603. The SMILES string of the molecule is [C-]#[N+]C1=C2c3c([nH]c4ccccc34)C(C)(C)[C@@H]2C[C@H](Cl)[C@]1(C)C=C. The van der Waals surface area contributed by atoms with Crippen LogP contribution in [0, 0.1) is 17.9 Å². The van der Waals surface area contributed by atoms with Crippen molar-refractivity contribution in [3.8, 4) is 0 Å². The van der Waals surface area contributed by atoms with Crippen LogP contribution >= 0.6 is 11.6 Å². The molecular weight excluding hydrogens is 316 g/mol. The number of fused-ring (bicyclic) bond motifs is 5. The molecule has 0 spiro atoms. The fourth-order valence-corrected chi connectivity index (χ4v) is 4.98. The fraction of sp³-hybridized carbons (Fsp3) is 0.381. The van der Waals surface area contributed by atoms with E-state index in [0.29, 0.717) is 0 Å². The molecule has 1 aromatic carbocycles. The number of nitrogens with zero attached hydrogens (tertiary/aromatic N) is 1. The fourth-order valence-electron chi connectivity index (χ4n) is 4.61. The van der Waals surface area contributed by atoms with Crippen LogP contribution in [0.25, 0.3) is 21.3 Å². The third-order valence-corrected chi connectivity index (χ3v) is 6.87. The lowest BCUT2D eigenvalue weighted by Gasteiger charge is -2.42. The van der Waals surface area contributed by atoms with E-state index < -0.39 is 5.41 Å². The van der Waals surface area contributed by atoms with E-state index in [1.165, 1.54) is 22.2 Å². The number of H-pyrrole nitrogens is 1. The van der Waals surface area contributed by atoms with Gasteiger partial charge in [-0.3, -0.25) is 0 Å². The normalized spacial score (nSPS) is 30.8. The number of rotatable bonds is 1. The summed E-state index contributed by atoms with van der Waals surface area (Å²) >= 11 is 6.76. The summed E-state index contributed by atoms with van der Waals surface area (Å²) in [6.45, 7) is 18.5. The van der Waals surface area contributed by atoms with E-state index in [0.717, 1.165) is 17.6 Å². The van der Waals surface area contributed by atoms with Crippen molar-refractivity contribution in [3.63, 3.8) is 0 Å². The number of para-hydroxylation sites is 1. The van der Waals surface area contributed by atoms with Crippen molar-refractivity contribution >= 4 is 28.1 Å². The number of alkyl halides is 1. The Bertz CT molecular complexity index is 940. The summed E-state index contributed by atoms with van der Waals surface area (Å²) in [7, 11) is 0. The number of aromatic nitrogens is 1. The van der Waals surface area contributed by atoms with Gasteiger partial charge in [-0.1, -0.05) is 45.0 Å². The highest BCUT2D eigenvalue weighted by Crippen LogP contribution is 2.61. The van der Waals surface area contributed by atoms with E-state index in [-0.39, 0.29) is 16.7 Å². The molecular formula is C21H21ClN2. The van der Waals surface area contributed by atoms with Crippen molar-refractivity contribution in [2.75, 3.05) is 0 Å². The van der Waals surface area contributed by atoms with Gasteiger partial charge in [-0.05, 0) is 29.5 Å². The number of benzene rings is 1. The number of nitrogens with one attached hydrogen (secondary N) is 1. The van der Waals surface area contributed by atoms with Crippen molar-refractivity contribution in [1.29, 1.82) is 0 Å². The predicted molar refractivity (Wildman–Crippen MR) is 101 cm³/mol. The molecule has 0 saturated heterocycles. The van der Waals surface area contributed by atoms with Crippen LogP contribution in [0.15, 0.2) is 42.6 Å². The smallest absolute Gasteiger partial charge is 0.180 e. The van der Waals surface area contributed by atoms with E-state index in [2.05, 4.69) is 48.5 Å². The second-order valence-corrected chi connectivity index (χ2v) is 8.29. The maximum Gasteiger partial charge on any atom is 0.180 e. The van der Waals surface area contributed by atoms with Crippen LogP contribution in [0.3, 0.4) is 0 Å². The maximum absolute atomic E-state index is 7.88. The lowest BCUT2D eigenvalue weighted by molar-refractivity contribution is 0.319. The third-order valence-electron chi connectivity index (χ3n) is 6.23. The summed E-state index contributed by atoms with van der Waals surface area (Å²) in [5.74, 6) is 0.267.